The molecular weight excluding hydrogens is 324 g/mol. The summed E-state index contributed by atoms with van der Waals surface area (Å²) in [5, 5.41) is 9.01. The third-order valence-corrected chi connectivity index (χ3v) is 4.37. The highest BCUT2D eigenvalue weighted by Gasteiger charge is 2.09. The third kappa shape index (κ3) is 3.99. The van der Waals surface area contributed by atoms with Crippen LogP contribution < -0.4 is 10.6 Å². The Morgan fingerprint density at radius 2 is 2.12 bits per heavy atom. The number of hydrogen-bond donors (Lipinski definition) is 3. The Balaban J connectivity index is 1.49. The van der Waals surface area contributed by atoms with E-state index in [1.165, 1.54) is 29.2 Å². The summed E-state index contributed by atoms with van der Waals surface area (Å²) in [4.78, 5) is 30.4. The molecule has 24 heavy (non-hydrogen) atoms. The molecule has 0 bridgehead atoms. The van der Waals surface area contributed by atoms with Gasteiger partial charge in [-0.3, -0.25) is 9.59 Å². The molecule has 0 saturated carbocycles. The molecule has 3 aromatic rings. The standard InChI is InChI=1S/C17H18N4O2S/c1-11(22)20-17-21-13(10-24-17)8-16(23)18-7-6-12-9-19-15-5-3-2-4-14(12)15/h2-5,9-10,19H,6-8H2,1H3,(H,18,23)(H,20,21,22). The second-order valence-electron chi connectivity index (χ2n) is 5.46. The van der Waals surface area contributed by atoms with Crippen LogP contribution in [0.4, 0.5) is 5.13 Å². The maximum absolute atomic E-state index is 12.0. The molecule has 2 heterocycles. The fraction of sp³-hybridized carbons (Fsp3) is 0.235. The van der Waals surface area contributed by atoms with Crippen molar-refractivity contribution in [1.82, 2.24) is 15.3 Å². The number of rotatable bonds is 6. The van der Waals surface area contributed by atoms with Crippen LogP contribution in [-0.4, -0.2) is 28.3 Å². The van der Waals surface area contributed by atoms with Gasteiger partial charge >= 0.3 is 0 Å². The van der Waals surface area contributed by atoms with Crippen LogP contribution in [0.15, 0.2) is 35.8 Å². The van der Waals surface area contributed by atoms with Crippen molar-refractivity contribution >= 4 is 39.2 Å². The fourth-order valence-corrected chi connectivity index (χ4v) is 3.25. The zero-order valence-electron chi connectivity index (χ0n) is 13.3. The Morgan fingerprint density at radius 1 is 1.29 bits per heavy atom. The van der Waals surface area contributed by atoms with E-state index in [4.69, 9.17) is 0 Å². The first-order valence-electron chi connectivity index (χ1n) is 7.65. The maximum Gasteiger partial charge on any atom is 0.226 e. The van der Waals surface area contributed by atoms with Gasteiger partial charge in [0.2, 0.25) is 11.8 Å². The van der Waals surface area contributed by atoms with Crippen molar-refractivity contribution in [3.05, 3.63) is 47.1 Å². The number of aromatic nitrogens is 2. The van der Waals surface area contributed by atoms with Gasteiger partial charge in [-0.25, -0.2) is 4.98 Å². The monoisotopic (exact) mass is 342 g/mol. The van der Waals surface area contributed by atoms with E-state index in [-0.39, 0.29) is 18.2 Å². The maximum atomic E-state index is 12.0. The van der Waals surface area contributed by atoms with Crippen LogP contribution in [0.3, 0.4) is 0 Å². The largest absolute Gasteiger partial charge is 0.361 e. The van der Waals surface area contributed by atoms with E-state index in [1.54, 1.807) is 5.38 Å². The summed E-state index contributed by atoms with van der Waals surface area (Å²) in [6.07, 6.45) is 2.96. The van der Waals surface area contributed by atoms with Crippen molar-refractivity contribution in [2.75, 3.05) is 11.9 Å². The van der Waals surface area contributed by atoms with Crippen molar-refractivity contribution in [3.63, 3.8) is 0 Å². The van der Waals surface area contributed by atoms with Crippen molar-refractivity contribution in [2.24, 2.45) is 0 Å². The smallest absolute Gasteiger partial charge is 0.226 e. The normalized spacial score (nSPS) is 10.7. The average molecular weight is 342 g/mol. The van der Waals surface area contributed by atoms with E-state index in [9.17, 15) is 9.59 Å². The molecule has 0 fully saturated rings. The molecule has 3 N–H and O–H groups in total. The molecule has 0 unspecified atom stereocenters. The molecule has 0 saturated heterocycles. The summed E-state index contributed by atoms with van der Waals surface area (Å²) in [5.41, 5.74) is 2.95. The van der Waals surface area contributed by atoms with Gasteiger partial charge in [-0.1, -0.05) is 18.2 Å². The molecule has 3 rings (SSSR count). The number of para-hydroxylation sites is 1. The third-order valence-electron chi connectivity index (χ3n) is 3.57. The molecule has 2 aromatic heterocycles. The molecule has 2 amide bonds. The van der Waals surface area contributed by atoms with E-state index in [2.05, 4.69) is 26.7 Å². The fourth-order valence-electron chi connectivity index (χ4n) is 2.50. The molecule has 0 aliphatic rings. The quantitative estimate of drug-likeness (QED) is 0.643. The number of H-pyrrole nitrogens is 1. The lowest BCUT2D eigenvalue weighted by atomic mass is 10.1. The molecule has 0 radical (unpaired) electrons. The molecule has 1 aromatic carbocycles. The predicted octanol–water partition coefficient (Wildman–Crippen LogP) is 2.48. The number of fused-ring (bicyclic) bond motifs is 1. The Labute approximate surface area is 143 Å². The van der Waals surface area contributed by atoms with E-state index in [0.717, 1.165) is 11.9 Å². The highest BCUT2D eigenvalue weighted by molar-refractivity contribution is 7.13. The van der Waals surface area contributed by atoms with Gasteiger partial charge in [-0.2, -0.15) is 0 Å². The van der Waals surface area contributed by atoms with E-state index < -0.39 is 0 Å². The topological polar surface area (TPSA) is 86.9 Å². The molecule has 0 atom stereocenters. The number of anilines is 1. The van der Waals surface area contributed by atoms with Gasteiger partial charge in [-0.05, 0) is 18.1 Å². The summed E-state index contributed by atoms with van der Waals surface area (Å²) in [6.45, 7) is 2.00. The van der Waals surface area contributed by atoms with Crippen LogP contribution in [-0.2, 0) is 22.4 Å². The number of thiazole rings is 1. The summed E-state index contributed by atoms with van der Waals surface area (Å²) < 4.78 is 0. The van der Waals surface area contributed by atoms with Crippen LogP contribution >= 0.6 is 11.3 Å². The Morgan fingerprint density at radius 3 is 2.96 bits per heavy atom. The summed E-state index contributed by atoms with van der Waals surface area (Å²) in [5.74, 6) is -0.242. The number of nitrogens with zero attached hydrogens (tertiary/aromatic N) is 1. The van der Waals surface area contributed by atoms with Gasteiger partial charge in [0.1, 0.15) is 0 Å². The van der Waals surface area contributed by atoms with Crippen LogP contribution in [0.25, 0.3) is 10.9 Å². The summed E-state index contributed by atoms with van der Waals surface area (Å²) >= 11 is 1.32. The zero-order chi connectivity index (χ0) is 16.9. The second-order valence-corrected chi connectivity index (χ2v) is 6.32. The predicted molar refractivity (Wildman–Crippen MR) is 95.1 cm³/mol. The molecular formula is C17H18N4O2S. The minimum atomic E-state index is -0.168. The van der Waals surface area contributed by atoms with Crippen LogP contribution in [0.1, 0.15) is 18.2 Å². The van der Waals surface area contributed by atoms with Crippen molar-refractivity contribution in [3.8, 4) is 0 Å². The van der Waals surface area contributed by atoms with Crippen LogP contribution in [0.2, 0.25) is 0 Å². The number of benzene rings is 1. The van der Waals surface area contributed by atoms with Crippen molar-refractivity contribution in [1.29, 1.82) is 0 Å². The lowest BCUT2D eigenvalue weighted by Crippen LogP contribution is -2.27. The molecule has 0 aliphatic carbocycles. The molecule has 6 nitrogen and oxygen atoms in total. The minimum Gasteiger partial charge on any atom is -0.361 e. The Kier molecular flexibility index (Phi) is 4.90. The van der Waals surface area contributed by atoms with Gasteiger partial charge in [0.15, 0.2) is 5.13 Å². The van der Waals surface area contributed by atoms with Gasteiger partial charge in [0.25, 0.3) is 0 Å². The minimum absolute atomic E-state index is 0.0745. The van der Waals surface area contributed by atoms with Gasteiger partial charge in [-0.15, -0.1) is 11.3 Å². The lowest BCUT2D eigenvalue weighted by Gasteiger charge is -2.03. The Hall–Kier alpha value is -2.67. The first-order chi connectivity index (χ1) is 11.6. The van der Waals surface area contributed by atoms with E-state index >= 15 is 0 Å². The SMILES string of the molecule is CC(=O)Nc1nc(CC(=O)NCCc2c[nH]c3ccccc23)cs1. The summed E-state index contributed by atoms with van der Waals surface area (Å²) in [6, 6.07) is 8.11. The van der Waals surface area contributed by atoms with E-state index in [0.29, 0.717) is 17.4 Å². The van der Waals surface area contributed by atoms with Gasteiger partial charge in [0.05, 0.1) is 12.1 Å². The number of amides is 2. The Bertz CT molecular complexity index is 868. The number of carbonyl (C=O) groups is 2. The number of nitrogens with one attached hydrogen (secondary N) is 3. The first-order valence-corrected chi connectivity index (χ1v) is 8.53. The van der Waals surface area contributed by atoms with Crippen molar-refractivity contribution < 1.29 is 9.59 Å². The van der Waals surface area contributed by atoms with Crippen molar-refractivity contribution in [2.45, 2.75) is 19.8 Å². The number of carbonyl (C=O) groups excluding carboxylic acids is 2. The molecule has 7 heteroatoms. The molecule has 124 valence electrons. The molecule has 0 spiro atoms. The zero-order valence-corrected chi connectivity index (χ0v) is 14.1. The van der Waals surface area contributed by atoms with Crippen LogP contribution in [0.5, 0.6) is 0 Å². The highest BCUT2D eigenvalue weighted by atomic mass is 32.1. The van der Waals surface area contributed by atoms with Gasteiger partial charge in [0, 0.05) is 35.9 Å². The first kappa shape index (κ1) is 16.2. The summed E-state index contributed by atoms with van der Waals surface area (Å²) in [7, 11) is 0. The van der Waals surface area contributed by atoms with Gasteiger partial charge < -0.3 is 15.6 Å². The number of aromatic amines is 1. The second kappa shape index (κ2) is 7.27. The average Bonchev–Trinajstić information content (AvgIpc) is 3.14. The lowest BCUT2D eigenvalue weighted by molar-refractivity contribution is -0.120. The highest BCUT2D eigenvalue weighted by Crippen LogP contribution is 2.18. The molecule has 0 aliphatic heterocycles. The number of hydrogen-bond acceptors (Lipinski definition) is 4. The van der Waals surface area contributed by atoms with E-state index in [1.807, 2.05) is 24.4 Å². The van der Waals surface area contributed by atoms with Crippen LogP contribution in [0, 0.1) is 0 Å².